The number of nitrogens with two attached hydrogens (primary N) is 1. The third kappa shape index (κ3) is 6.23. The summed E-state index contributed by atoms with van der Waals surface area (Å²) < 4.78 is 0. The number of pyridine rings is 1. The van der Waals surface area contributed by atoms with Crippen molar-refractivity contribution in [2.24, 2.45) is 5.73 Å². The minimum Gasteiger partial charge on any atom is -0.378 e. The van der Waals surface area contributed by atoms with E-state index in [1.165, 1.54) is 6.20 Å². The molecule has 10 nitrogen and oxygen atoms in total. The van der Waals surface area contributed by atoms with Gasteiger partial charge in [0.1, 0.15) is 5.82 Å². The Hall–Kier alpha value is -4.73. The van der Waals surface area contributed by atoms with Crippen LogP contribution in [0.3, 0.4) is 0 Å². The number of primary amides is 1. The number of carbonyl (C=O) groups is 2. The number of amides is 2. The summed E-state index contributed by atoms with van der Waals surface area (Å²) in [6, 6.07) is 17.4. The van der Waals surface area contributed by atoms with Gasteiger partial charge >= 0.3 is 0 Å². The van der Waals surface area contributed by atoms with Crippen LogP contribution in [-0.4, -0.2) is 52.9 Å². The Morgan fingerprint density at radius 2 is 1.69 bits per heavy atom. The molecular formula is C29H32N8O2. The maximum atomic E-state index is 12.7. The van der Waals surface area contributed by atoms with Crippen molar-refractivity contribution in [2.75, 3.05) is 29.6 Å². The van der Waals surface area contributed by atoms with Crippen LogP contribution in [0.2, 0.25) is 0 Å². The molecule has 2 heterocycles. The van der Waals surface area contributed by atoms with Gasteiger partial charge in [-0.2, -0.15) is 0 Å². The van der Waals surface area contributed by atoms with E-state index in [2.05, 4.69) is 30.9 Å². The molecule has 0 bridgehead atoms. The lowest BCUT2D eigenvalue weighted by Crippen LogP contribution is -2.40. The van der Waals surface area contributed by atoms with Crippen molar-refractivity contribution in [3.05, 3.63) is 78.2 Å². The highest BCUT2D eigenvalue weighted by Gasteiger charge is 2.24. The zero-order chi connectivity index (χ0) is 27.4. The number of nitrogens with zero attached hydrogens (tertiary/aromatic N) is 4. The lowest BCUT2D eigenvalue weighted by Gasteiger charge is -2.30. The molecule has 1 aliphatic rings. The third-order valence-corrected chi connectivity index (χ3v) is 6.93. The fraction of sp³-hybridized carbons (Fsp3) is 0.276. The smallest absolute Gasteiger partial charge is 0.271 e. The van der Waals surface area contributed by atoms with Crippen molar-refractivity contribution < 1.29 is 9.59 Å². The average molecular weight is 525 g/mol. The molecule has 2 aromatic carbocycles. The van der Waals surface area contributed by atoms with Crippen LogP contribution in [0.1, 0.15) is 46.5 Å². The lowest BCUT2D eigenvalue weighted by atomic mass is 9.91. The monoisotopic (exact) mass is 524 g/mol. The van der Waals surface area contributed by atoms with E-state index in [0.29, 0.717) is 11.4 Å². The van der Waals surface area contributed by atoms with Crippen LogP contribution >= 0.6 is 0 Å². The van der Waals surface area contributed by atoms with Gasteiger partial charge in [-0.15, -0.1) is 0 Å². The maximum absolute atomic E-state index is 12.7. The molecule has 0 unspecified atom stereocenters. The molecule has 0 atom stereocenters. The topological polar surface area (TPSA) is 138 Å². The summed E-state index contributed by atoms with van der Waals surface area (Å²) in [5.41, 5.74) is 8.96. The number of hydrogen-bond acceptors (Lipinski definition) is 8. The van der Waals surface area contributed by atoms with Gasteiger partial charge in [-0.05, 0) is 74.2 Å². The Balaban J connectivity index is 1.20. The fourth-order valence-electron chi connectivity index (χ4n) is 4.79. The number of anilines is 4. The quantitative estimate of drug-likeness (QED) is 0.270. The predicted octanol–water partition coefficient (Wildman–Crippen LogP) is 4.09. The highest BCUT2D eigenvalue weighted by Crippen LogP contribution is 2.25. The number of nitrogens with one attached hydrogen (secondary N) is 3. The highest BCUT2D eigenvalue weighted by molar-refractivity contribution is 5.97. The van der Waals surface area contributed by atoms with Crippen LogP contribution in [0.25, 0.3) is 10.9 Å². The Kier molecular flexibility index (Phi) is 7.53. The molecule has 0 saturated heterocycles. The summed E-state index contributed by atoms with van der Waals surface area (Å²) in [4.78, 5) is 39.9. The number of fused-ring (bicyclic) bond motifs is 1. The van der Waals surface area contributed by atoms with Gasteiger partial charge in [0.25, 0.3) is 11.8 Å². The van der Waals surface area contributed by atoms with Crippen molar-refractivity contribution in [1.29, 1.82) is 0 Å². The van der Waals surface area contributed by atoms with Gasteiger partial charge in [0.15, 0.2) is 11.5 Å². The van der Waals surface area contributed by atoms with Crippen molar-refractivity contribution in [2.45, 2.75) is 37.8 Å². The highest BCUT2D eigenvalue weighted by atomic mass is 16.2. The van der Waals surface area contributed by atoms with Crippen LogP contribution < -0.4 is 26.6 Å². The molecule has 0 radical (unpaired) electrons. The van der Waals surface area contributed by atoms with E-state index >= 15 is 0 Å². The Labute approximate surface area is 227 Å². The van der Waals surface area contributed by atoms with Gasteiger partial charge in [0.2, 0.25) is 0 Å². The SMILES string of the molecule is CN(C)c1ccc(C(=O)N[C@H]2CC[C@H](Nc3cnc(C(N)=O)c(Nc4ccc5ncccc5c4)n3)CC2)cc1. The number of carbonyl (C=O) groups excluding carboxylic acids is 2. The Bertz CT molecular complexity index is 1480. The predicted molar refractivity (Wildman–Crippen MR) is 153 cm³/mol. The normalized spacial score (nSPS) is 16.9. The van der Waals surface area contributed by atoms with Crippen molar-refractivity contribution in [1.82, 2.24) is 20.3 Å². The van der Waals surface area contributed by atoms with Gasteiger partial charge in [0, 0.05) is 54.7 Å². The number of rotatable bonds is 8. The van der Waals surface area contributed by atoms with E-state index in [1.54, 1.807) is 6.20 Å². The molecular weight excluding hydrogens is 492 g/mol. The van der Waals surface area contributed by atoms with Gasteiger partial charge in [-0.25, -0.2) is 9.97 Å². The first-order chi connectivity index (χ1) is 18.9. The van der Waals surface area contributed by atoms with Gasteiger partial charge in [-0.3, -0.25) is 14.6 Å². The standard InChI is InChI=1S/C29H32N8O2/c1-37(2)23-12-5-18(6-13-23)29(39)35-21-9-7-20(8-10-21)33-25-17-32-26(27(30)38)28(36-25)34-22-11-14-24-19(16-22)4-3-15-31-24/h3-6,11-17,20-21H,7-10H2,1-2H3,(H2,30,38)(H,35,39)(H2,33,34,36)/t20-,21-. The first-order valence-electron chi connectivity index (χ1n) is 13.0. The first kappa shape index (κ1) is 25.9. The van der Waals surface area contributed by atoms with Crippen LogP contribution in [0.15, 0.2) is 67.0 Å². The van der Waals surface area contributed by atoms with Crippen molar-refractivity contribution in [3.63, 3.8) is 0 Å². The number of aromatic nitrogens is 3. The summed E-state index contributed by atoms with van der Waals surface area (Å²) in [7, 11) is 3.94. The van der Waals surface area contributed by atoms with E-state index in [-0.39, 0.29) is 29.5 Å². The minimum absolute atomic E-state index is 0.0511. The van der Waals surface area contributed by atoms with Crippen LogP contribution in [0, 0.1) is 0 Å². The van der Waals surface area contributed by atoms with Crippen molar-refractivity contribution in [3.8, 4) is 0 Å². The number of benzene rings is 2. The van der Waals surface area contributed by atoms with E-state index in [1.807, 2.05) is 73.6 Å². The summed E-state index contributed by atoms with van der Waals surface area (Å²) in [5.74, 6) is 0.131. The van der Waals surface area contributed by atoms with Crippen LogP contribution in [-0.2, 0) is 0 Å². The van der Waals surface area contributed by atoms with Gasteiger partial charge in [0.05, 0.1) is 11.7 Å². The van der Waals surface area contributed by atoms with Gasteiger partial charge in [-0.1, -0.05) is 6.07 Å². The molecule has 0 aliphatic heterocycles. The Morgan fingerprint density at radius 3 is 2.41 bits per heavy atom. The molecule has 1 saturated carbocycles. The lowest BCUT2D eigenvalue weighted by molar-refractivity contribution is 0.0925. The summed E-state index contributed by atoms with van der Waals surface area (Å²) >= 11 is 0. The summed E-state index contributed by atoms with van der Waals surface area (Å²) in [6.07, 6.45) is 6.70. The molecule has 1 fully saturated rings. The van der Waals surface area contributed by atoms with E-state index in [4.69, 9.17) is 5.73 Å². The van der Waals surface area contributed by atoms with Gasteiger partial charge < -0.3 is 26.6 Å². The molecule has 200 valence electrons. The zero-order valence-electron chi connectivity index (χ0n) is 22.0. The Morgan fingerprint density at radius 1 is 0.949 bits per heavy atom. The molecule has 0 spiro atoms. The maximum Gasteiger partial charge on any atom is 0.271 e. The van der Waals surface area contributed by atoms with E-state index in [0.717, 1.165) is 48.0 Å². The summed E-state index contributed by atoms with van der Waals surface area (Å²) in [5, 5.41) is 10.7. The van der Waals surface area contributed by atoms with E-state index in [9.17, 15) is 9.59 Å². The summed E-state index contributed by atoms with van der Waals surface area (Å²) in [6.45, 7) is 0. The fourth-order valence-corrected chi connectivity index (χ4v) is 4.79. The second kappa shape index (κ2) is 11.3. The molecule has 5 rings (SSSR count). The first-order valence-corrected chi connectivity index (χ1v) is 13.0. The number of hydrogen-bond donors (Lipinski definition) is 4. The second-order valence-corrected chi connectivity index (χ2v) is 9.96. The zero-order valence-corrected chi connectivity index (χ0v) is 22.0. The molecule has 4 aromatic rings. The molecule has 10 heteroatoms. The van der Waals surface area contributed by atoms with Crippen molar-refractivity contribution >= 4 is 45.7 Å². The average Bonchev–Trinajstić information content (AvgIpc) is 2.94. The largest absolute Gasteiger partial charge is 0.378 e. The van der Waals surface area contributed by atoms with E-state index < -0.39 is 5.91 Å². The minimum atomic E-state index is -0.661. The second-order valence-electron chi connectivity index (χ2n) is 9.96. The molecule has 2 aromatic heterocycles. The molecule has 2 amide bonds. The molecule has 5 N–H and O–H groups in total. The third-order valence-electron chi connectivity index (χ3n) is 6.93. The van der Waals surface area contributed by atoms with Crippen LogP contribution in [0.5, 0.6) is 0 Å². The molecule has 39 heavy (non-hydrogen) atoms. The van der Waals surface area contributed by atoms with Crippen LogP contribution in [0.4, 0.5) is 23.0 Å². The molecule has 1 aliphatic carbocycles.